The first kappa shape index (κ1) is 153. The summed E-state index contributed by atoms with van der Waals surface area (Å²) < 4.78 is 13.1. The van der Waals surface area contributed by atoms with E-state index in [9.17, 15) is 52.7 Å². The summed E-state index contributed by atoms with van der Waals surface area (Å²) in [4.78, 5) is 127. The van der Waals surface area contributed by atoms with Gasteiger partial charge in [-0.25, -0.2) is 0 Å². The van der Waals surface area contributed by atoms with E-state index >= 15 is 0 Å². The predicted molar refractivity (Wildman–Crippen MR) is 621 cm³/mol. The highest BCUT2D eigenvalue weighted by Crippen LogP contribution is 2.45. The van der Waals surface area contributed by atoms with Gasteiger partial charge in [-0.3, -0.25) is 56.7 Å². The monoisotopic (exact) mass is 2140 g/mol. The number of halogens is 4. The lowest BCUT2D eigenvalue weighted by molar-refractivity contribution is -0.127. The van der Waals surface area contributed by atoms with Crippen LogP contribution in [0.15, 0.2) is 91.3 Å². The molecule has 3 aliphatic rings. The molecule has 1 aromatic heterocycles. The van der Waals surface area contributed by atoms with Crippen LogP contribution in [0, 0.1) is 87.1 Å². The average Bonchev–Trinajstić information content (AvgIpc) is 1.64. The number of aromatic nitrogens is 1. The van der Waals surface area contributed by atoms with Gasteiger partial charge >= 0.3 is 0 Å². The fourth-order valence-electron chi connectivity index (χ4n) is 9.95. The molecule has 24 nitrogen and oxygen atoms in total. The van der Waals surface area contributed by atoms with E-state index in [1.54, 1.807) is 54.5 Å². The Morgan fingerprint density at radius 1 is 0.497 bits per heavy atom. The van der Waals surface area contributed by atoms with Crippen LogP contribution >= 0.6 is 57.9 Å². The lowest BCUT2D eigenvalue weighted by atomic mass is 9.89. The Morgan fingerprint density at radius 3 is 1.19 bits per heavy atom. The Bertz CT molecular complexity index is 4150. The normalized spacial score (nSPS) is 14.3. The summed E-state index contributed by atoms with van der Waals surface area (Å²) in [6, 6.07) is 9.86. The summed E-state index contributed by atoms with van der Waals surface area (Å²) in [7, 11) is 7.53. The van der Waals surface area contributed by atoms with Gasteiger partial charge < -0.3 is 56.1 Å². The minimum Gasteiger partial charge on any atom is -0.373 e. The fourth-order valence-corrected chi connectivity index (χ4v) is 11.7. The van der Waals surface area contributed by atoms with E-state index in [0.29, 0.717) is 79.4 Å². The van der Waals surface area contributed by atoms with E-state index in [2.05, 4.69) is 328 Å². The summed E-state index contributed by atoms with van der Waals surface area (Å²) >= 11 is 23.1. The molecule has 2 saturated heterocycles. The van der Waals surface area contributed by atoms with Gasteiger partial charge in [0.2, 0.25) is 47.3 Å². The first-order valence-electron chi connectivity index (χ1n) is 51.3. The zero-order valence-electron chi connectivity index (χ0n) is 100. The Kier molecular flexibility index (Phi) is 79.4. The molecule has 145 heavy (non-hydrogen) atoms. The highest BCUT2D eigenvalue weighted by molar-refractivity contribution is 7.13. The number of fused-ring (bicyclic) bond motifs is 1. The zero-order chi connectivity index (χ0) is 116. The number of benzene rings is 1. The number of likely N-dealkylation sites (N-methyl/N-ethyl adjacent to an activating group) is 2. The largest absolute Gasteiger partial charge is 0.373 e. The number of ether oxygens (including phenoxy) is 2. The molecule has 3 heterocycles. The third-order valence-corrected chi connectivity index (χ3v) is 21.2. The molecule has 3 fully saturated rings. The Hall–Kier alpha value is -6.76. The number of carbonyl (C=O) groups is 10. The second kappa shape index (κ2) is 75.0. The van der Waals surface area contributed by atoms with E-state index in [1.165, 1.54) is 30.7 Å². The molecule has 1 aromatic carbocycles. The number of hydrogen-bond donors (Lipinski definition) is 6. The number of rotatable bonds is 30. The lowest BCUT2D eigenvalue weighted by Gasteiger charge is -2.23. The number of amides is 8. The van der Waals surface area contributed by atoms with Gasteiger partial charge in [-0.15, -0.1) is 46.4 Å². The third-order valence-electron chi connectivity index (χ3n) is 19.2. The second-order valence-corrected chi connectivity index (χ2v) is 55.6. The van der Waals surface area contributed by atoms with Crippen molar-refractivity contribution in [2.24, 2.45) is 75.8 Å². The summed E-state index contributed by atoms with van der Waals surface area (Å²) in [6.07, 6.45) is 22.0. The van der Waals surface area contributed by atoms with Crippen molar-refractivity contribution in [1.29, 1.82) is 5.26 Å². The molecule has 6 N–H and O–H groups in total. The number of allylic oxidation sites excluding steroid dienone is 2. The molecule has 0 spiro atoms. The van der Waals surface area contributed by atoms with Gasteiger partial charge in [-0.2, -0.15) is 5.26 Å². The van der Waals surface area contributed by atoms with Gasteiger partial charge in [0.25, 0.3) is 5.56 Å². The van der Waals surface area contributed by atoms with Crippen LogP contribution in [-0.2, 0) is 64.0 Å². The van der Waals surface area contributed by atoms with Crippen molar-refractivity contribution in [2.75, 3.05) is 118 Å². The minimum atomic E-state index is -0.675. The van der Waals surface area contributed by atoms with Gasteiger partial charge in [0.05, 0.1) is 47.5 Å². The smallest absolute Gasteiger partial charge is 0.268 e. The third kappa shape index (κ3) is 116. The number of hydrogen-bond acceptors (Lipinski definition) is 16. The van der Waals surface area contributed by atoms with Crippen molar-refractivity contribution in [1.82, 2.24) is 50.6 Å². The van der Waals surface area contributed by atoms with Crippen LogP contribution in [0.5, 0.6) is 0 Å². The molecule has 5 rings (SSSR count). The molecule has 2 aliphatic heterocycles. The van der Waals surface area contributed by atoms with Crippen LogP contribution in [0.25, 0.3) is 10.1 Å². The van der Waals surface area contributed by atoms with Gasteiger partial charge in [0, 0.05) is 98.5 Å². The van der Waals surface area contributed by atoms with Crippen LogP contribution in [-0.4, -0.2) is 213 Å². The number of alkyl halides is 4. The Morgan fingerprint density at radius 2 is 0.890 bits per heavy atom. The topological polar surface area (TPSA) is 323 Å². The van der Waals surface area contributed by atoms with Gasteiger partial charge in [-0.05, 0) is 193 Å². The van der Waals surface area contributed by atoms with Crippen LogP contribution in [0.2, 0.25) is 0 Å². The van der Waals surface area contributed by atoms with Crippen LogP contribution < -0.4 is 37.5 Å². The van der Waals surface area contributed by atoms with Crippen molar-refractivity contribution in [3.05, 3.63) is 96.9 Å². The molecular weight excluding hydrogens is 1930 g/mol. The second-order valence-electron chi connectivity index (χ2n) is 53.1. The fraction of sp³-hybridized carbons (Fsp3) is 0.759. The number of nitrogens with zero attached hydrogens (tertiary/aromatic N) is 5. The maximum Gasteiger partial charge on any atom is 0.268 e. The van der Waals surface area contributed by atoms with E-state index in [0.717, 1.165) is 107 Å². The summed E-state index contributed by atoms with van der Waals surface area (Å²) in [5.74, 6) is 0.216. The highest BCUT2D eigenvalue weighted by Gasteiger charge is 2.50. The quantitative estimate of drug-likeness (QED) is 0.0241. The number of Topliss-reactive ketones (excluding diaryl/α,β-unsaturated/α-hetero) is 1. The first-order valence-corrected chi connectivity index (χ1v) is 54.1. The van der Waals surface area contributed by atoms with E-state index in [4.69, 9.17) is 61.1 Å². The Balaban J connectivity index is -0.000000235. The first-order chi connectivity index (χ1) is 65.2. The maximum atomic E-state index is 12.0. The number of nitriles is 1. The van der Waals surface area contributed by atoms with Gasteiger partial charge in [0.1, 0.15) is 28.3 Å². The predicted octanol–water partition coefficient (Wildman–Crippen LogP) is 25.5. The summed E-state index contributed by atoms with van der Waals surface area (Å²) in [5.41, 5.74) is 2.53. The molecule has 1 aliphatic carbocycles. The highest BCUT2D eigenvalue weighted by atomic mass is 35.5. The lowest BCUT2D eigenvalue weighted by Crippen LogP contribution is -2.37. The van der Waals surface area contributed by atoms with E-state index in [-0.39, 0.29) is 131 Å². The van der Waals surface area contributed by atoms with E-state index < -0.39 is 10.8 Å². The average molecular weight is 2140 g/mol. The van der Waals surface area contributed by atoms with Crippen LogP contribution in [0.1, 0.15) is 355 Å². The molecule has 1 saturated carbocycles. The van der Waals surface area contributed by atoms with Crippen molar-refractivity contribution in [3.8, 4) is 6.07 Å². The van der Waals surface area contributed by atoms with Crippen molar-refractivity contribution < 1.29 is 57.4 Å². The molecule has 29 heteroatoms. The van der Waals surface area contributed by atoms with Gasteiger partial charge in [-0.1, -0.05) is 326 Å². The molecule has 8 amide bonds. The summed E-state index contributed by atoms with van der Waals surface area (Å²) in [6.45, 7) is 106. The molecule has 0 radical (unpaired) electrons. The molecular formula is C116H213Cl4N11O13S. The van der Waals surface area contributed by atoms with Crippen molar-refractivity contribution in [2.45, 2.75) is 379 Å². The maximum absolute atomic E-state index is 12.0. The number of carbonyl (C=O) groups excluding carboxylic acids is 10. The molecule has 2 aromatic rings. The zero-order valence-corrected chi connectivity index (χ0v) is 104. The standard InChI is InChI=1S/C12H15NOS.C11H22N2O.C10H16N2O.C10H19NO.C10H18O.C9H18ClNO.C9H17ClO.C9H17NO.C8H16ClNO.C8H15NO.C7H14ClNO.C7H14O.C6H12O/c1-12(2,3)8-13-11(14)9-6-4-5-7-10(9)15-13;1-11(2,3)9-12-10(14)7-6-8-13(4)5;1-9(2,3)7-12-8(13)10(6-11)4-5-10;1-6-9(12)11(5)8-7-10(2,3)4;1-5-9(11)7-6-8-10(2,3)4;1-9(2,3)5-6-11(4)8(12)7-10;1-9(2,3)6-4-5-8(11)7-10;1-5-6-8(11)10-7-9(2,3)4;1-6(9)7(11)10-5-8(2,3)4;1-5-7(10)9-6-8(2,3)4;1-7(2,3)5-9-6(10)4-8;1-7(2,3)4-6-5-8-6;1-6(2,3)5-4-7-5/h4-7H,8H2,1-3H3;6-7H,8-9H2,1-5H3,(H,12,14);4-5,7H2,1-3H3,(H,12,13);6H,1,7-8H2,2-5H3;5H,1,6-8H2,2-4H3;5-7H2,1-4H3;4-7H2,1-3H3;5-6H,7H2,1-4H3,(H,10,11);6H,5H2,1-4H3,(H,10,11);5H,1,6H2,2-4H3,(H,9,10);4-5H2,1-3H3,(H,9,10);6H,4-5H2,1-3H3;5H,4H2,1-3H3/b;7-6+;;;;;;6-5+;;;;;/t;;;;;;;;6-;;;;/m........0..../s1. The van der Waals surface area contributed by atoms with Crippen molar-refractivity contribution in [3.63, 3.8) is 0 Å². The Labute approximate surface area is 909 Å². The van der Waals surface area contributed by atoms with Crippen LogP contribution in [0.3, 0.4) is 0 Å². The number of nitrogens with one attached hydrogen (secondary N) is 6. The van der Waals surface area contributed by atoms with E-state index in [1.807, 2.05) is 60.2 Å². The molecule has 0 bridgehead atoms. The summed E-state index contributed by atoms with van der Waals surface area (Å²) in [5, 5.41) is 25.8. The minimum absolute atomic E-state index is 0.000694. The molecule has 844 valence electrons. The van der Waals surface area contributed by atoms with Crippen molar-refractivity contribution >= 4 is 127 Å². The molecule has 3 atom stereocenters. The number of ketones is 2. The van der Waals surface area contributed by atoms with Crippen LogP contribution in [0.4, 0.5) is 0 Å². The SMILES string of the molecule is C/C=C/C(=O)NCC(C)(C)C.C=CC(=O)CCCC(C)(C)C.C=CC(=O)N(C)CCC(C)(C)C.C=CC(=O)NCC(C)(C)C.CC(C)(C)C1CO1.CC(C)(C)CC1CO1.CC(C)(C)CCCC(=O)CCl.CC(C)(C)CNC(=O)C1(C#N)CC1.CC(C)(C)CNC(=O)CCl.CC(C)(C)Cn1sc2ccccc2c1=O.CN(C)C/C=C/C(=O)NCC(C)(C)C.CN(CCC(C)(C)C)C(=O)CCl.C[C@H](Cl)C(=O)NCC(C)(C)C. The van der Waals surface area contributed by atoms with Gasteiger partial charge in [0.15, 0.2) is 5.78 Å². The number of epoxide rings is 2. The molecule has 2 unspecified atom stereocenters.